The minimum Gasteiger partial charge on any atom is -0.448 e. The maximum absolute atomic E-state index is 5.69. The first kappa shape index (κ1) is 11.0. The molecule has 2 rings (SSSR count). The fraction of sp³-hybridized carbons (Fsp3) is 0.636. The highest BCUT2D eigenvalue weighted by molar-refractivity contribution is 6.28. The van der Waals surface area contributed by atoms with Gasteiger partial charge in [0.05, 0.1) is 12.6 Å². The normalized spacial score (nSPS) is 26.0. The number of hydrogen-bond donors (Lipinski definition) is 1. The number of nitrogens with one attached hydrogen (secondary N) is 1. The van der Waals surface area contributed by atoms with E-state index in [9.17, 15) is 0 Å². The third-order valence-corrected chi connectivity index (χ3v) is 3.11. The van der Waals surface area contributed by atoms with Gasteiger partial charge in [-0.15, -0.1) is 0 Å². The maximum Gasteiger partial charge on any atom is 0.193 e. The summed E-state index contributed by atoms with van der Waals surface area (Å²) in [6.45, 7) is 0.744. The fourth-order valence-electron chi connectivity index (χ4n) is 2.03. The largest absolute Gasteiger partial charge is 0.448 e. The molecule has 1 fully saturated rings. The van der Waals surface area contributed by atoms with Gasteiger partial charge in [0.15, 0.2) is 5.22 Å². The topological polar surface area (TPSA) is 34.4 Å². The van der Waals surface area contributed by atoms with E-state index in [0.717, 1.165) is 25.1 Å². The molecule has 1 aliphatic rings. The molecule has 2 unspecified atom stereocenters. The molecule has 0 aliphatic heterocycles. The minimum absolute atomic E-state index is 0.419. The number of ether oxygens (including phenoxy) is 1. The highest BCUT2D eigenvalue weighted by Crippen LogP contribution is 2.22. The Bertz CT molecular complexity index is 313. The van der Waals surface area contributed by atoms with Crippen LogP contribution in [0.3, 0.4) is 0 Å². The van der Waals surface area contributed by atoms with Crippen LogP contribution in [0.4, 0.5) is 0 Å². The molecule has 2 atom stereocenters. The summed E-state index contributed by atoms with van der Waals surface area (Å²) in [5.74, 6) is 0.890. The lowest BCUT2D eigenvalue weighted by Gasteiger charge is -2.11. The SMILES string of the molecule is COC1CCC(NCc2ccc(Cl)o2)C1. The number of methoxy groups -OCH3 is 1. The quantitative estimate of drug-likeness (QED) is 0.862. The van der Waals surface area contributed by atoms with Gasteiger partial charge in [-0.2, -0.15) is 0 Å². The Hall–Kier alpha value is -0.510. The van der Waals surface area contributed by atoms with E-state index >= 15 is 0 Å². The summed E-state index contributed by atoms with van der Waals surface area (Å²) in [6.07, 6.45) is 3.83. The van der Waals surface area contributed by atoms with Crippen LogP contribution in [0, 0.1) is 0 Å². The molecular formula is C11H16ClNO2. The first-order valence-corrected chi connectivity index (χ1v) is 5.66. The maximum atomic E-state index is 5.69. The van der Waals surface area contributed by atoms with Gasteiger partial charge in [0.1, 0.15) is 5.76 Å². The summed E-state index contributed by atoms with van der Waals surface area (Å²) in [7, 11) is 1.78. The van der Waals surface area contributed by atoms with Crippen molar-refractivity contribution in [1.29, 1.82) is 0 Å². The predicted molar refractivity (Wildman–Crippen MR) is 59.0 cm³/mol. The molecule has 1 aromatic rings. The Morgan fingerprint density at radius 1 is 1.53 bits per heavy atom. The van der Waals surface area contributed by atoms with Crippen LogP contribution >= 0.6 is 11.6 Å². The first-order valence-electron chi connectivity index (χ1n) is 5.28. The zero-order valence-electron chi connectivity index (χ0n) is 8.83. The molecule has 0 amide bonds. The minimum atomic E-state index is 0.419. The van der Waals surface area contributed by atoms with Gasteiger partial charge in [0.2, 0.25) is 0 Å². The van der Waals surface area contributed by atoms with Gasteiger partial charge in [-0.3, -0.25) is 0 Å². The molecule has 1 saturated carbocycles. The van der Waals surface area contributed by atoms with Crippen LogP contribution in [0.15, 0.2) is 16.5 Å². The van der Waals surface area contributed by atoms with Crippen LogP contribution in [0.25, 0.3) is 0 Å². The van der Waals surface area contributed by atoms with Crippen LogP contribution in [-0.4, -0.2) is 19.3 Å². The second kappa shape index (κ2) is 5.01. The molecule has 15 heavy (non-hydrogen) atoms. The summed E-state index contributed by atoms with van der Waals surface area (Å²) in [5, 5.41) is 3.89. The zero-order valence-corrected chi connectivity index (χ0v) is 9.59. The van der Waals surface area contributed by atoms with Crippen molar-refractivity contribution in [1.82, 2.24) is 5.32 Å². The van der Waals surface area contributed by atoms with Crippen LogP contribution in [0.2, 0.25) is 5.22 Å². The van der Waals surface area contributed by atoms with Crippen molar-refractivity contribution >= 4 is 11.6 Å². The molecule has 0 aromatic carbocycles. The first-order chi connectivity index (χ1) is 7.28. The van der Waals surface area contributed by atoms with Crippen molar-refractivity contribution in [3.63, 3.8) is 0 Å². The van der Waals surface area contributed by atoms with Crippen molar-refractivity contribution in [3.8, 4) is 0 Å². The summed E-state index contributed by atoms with van der Waals surface area (Å²) in [5.41, 5.74) is 0. The van der Waals surface area contributed by atoms with E-state index < -0.39 is 0 Å². The van der Waals surface area contributed by atoms with Crippen molar-refractivity contribution in [2.75, 3.05) is 7.11 Å². The van der Waals surface area contributed by atoms with Crippen molar-refractivity contribution in [3.05, 3.63) is 23.1 Å². The number of rotatable bonds is 4. The third kappa shape index (κ3) is 2.97. The molecular weight excluding hydrogens is 214 g/mol. The van der Waals surface area contributed by atoms with Crippen LogP contribution in [0.5, 0.6) is 0 Å². The Morgan fingerprint density at radius 3 is 3.00 bits per heavy atom. The van der Waals surface area contributed by atoms with Crippen molar-refractivity contribution < 1.29 is 9.15 Å². The third-order valence-electron chi connectivity index (χ3n) is 2.91. The molecule has 1 aliphatic carbocycles. The van der Waals surface area contributed by atoms with Gasteiger partial charge < -0.3 is 14.5 Å². The van der Waals surface area contributed by atoms with E-state index in [1.54, 1.807) is 13.2 Å². The molecule has 84 valence electrons. The summed E-state index contributed by atoms with van der Waals surface area (Å²) in [4.78, 5) is 0. The standard InChI is InChI=1S/C11H16ClNO2/c1-14-9-3-2-8(6-9)13-7-10-4-5-11(12)15-10/h4-5,8-9,13H,2-3,6-7H2,1H3. The highest BCUT2D eigenvalue weighted by atomic mass is 35.5. The fourth-order valence-corrected chi connectivity index (χ4v) is 2.19. The summed E-state index contributed by atoms with van der Waals surface area (Å²) >= 11 is 5.69. The lowest BCUT2D eigenvalue weighted by molar-refractivity contribution is 0.107. The molecule has 0 spiro atoms. The number of halogens is 1. The van der Waals surface area contributed by atoms with Gasteiger partial charge in [0, 0.05) is 13.2 Å². The zero-order chi connectivity index (χ0) is 10.7. The summed E-state index contributed by atoms with van der Waals surface area (Å²) < 4.78 is 10.6. The van der Waals surface area contributed by atoms with E-state index in [4.69, 9.17) is 20.8 Å². The molecule has 0 bridgehead atoms. The van der Waals surface area contributed by atoms with Gasteiger partial charge in [-0.1, -0.05) is 0 Å². The number of furan rings is 1. The van der Waals surface area contributed by atoms with E-state index in [1.165, 1.54) is 6.42 Å². The second-order valence-corrected chi connectivity index (χ2v) is 4.33. The van der Waals surface area contributed by atoms with Crippen molar-refractivity contribution in [2.45, 2.75) is 38.0 Å². The predicted octanol–water partition coefficient (Wildman–Crippen LogP) is 2.59. The molecule has 0 radical (unpaired) electrons. The van der Waals surface area contributed by atoms with Crippen LogP contribution in [0.1, 0.15) is 25.0 Å². The molecule has 4 heteroatoms. The van der Waals surface area contributed by atoms with Gasteiger partial charge >= 0.3 is 0 Å². The van der Waals surface area contributed by atoms with Gasteiger partial charge in [-0.25, -0.2) is 0 Å². The van der Waals surface area contributed by atoms with E-state index in [-0.39, 0.29) is 0 Å². The molecule has 0 saturated heterocycles. The highest BCUT2D eigenvalue weighted by Gasteiger charge is 2.23. The number of hydrogen-bond acceptors (Lipinski definition) is 3. The van der Waals surface area contributed by atoms with E-state index in [1.807, 2.05) is 6.07 Å². The Labute approximate surface area is 94.7 Å². The Morgan fingerprint density at radius 2 is 2.40 bits per heavy atom. The average Bonchev–Trinajstić information content (AvgIpc) is 2.83. The lowest BCUT2D eigenvalue weighted by atomic mass is 10.2. The van der Waals surface area contributed by atoms with Gasteiger partial charge in [0.25, 0.3) is 0 Å². The molecule has 1 aromatic heterocycles. The monoisotopic (exact) mass is 229 g/mol. The lowest BCUT2D eigenvalue weighted by Crippen LogP contribution is -2.26. The second-order valence-electron chi connectivity index (χ2n) is 3.95. The van der Waals surface area contributed by atoms with Crippen molar-refractivity contribution in [2.24, 2.45) is 0 Å². The smallest absolute Gasteiger partial charge is 0.193 e. The van der Waals surface area contributed by atoms with E-state index in [2.05, 4.69) is 5.32 Å². The summed E-state index contributed by atoms with van der Waals surface area (Å²) in [6, 6.07) is 4.21. The van der Waals surface area contributed by atoms with Gasteiger partial charge in [-0.05, 0) is 43.0 Å². The Balaban J connectivity index is 1.75. The van der Waals surface area contributed by atoms with Crippen LogP contribution in [-0.2, 0) is 11.3 Å². The van der Waals surface area contributed by atoms with Crippen LogP contribution < -0.4 is 5.32 Å². The molecule has 1 N–H and O–H groups in total. The molecule has 3 nitrogen and oxygen atoms in total. The molecule has 1 heterocycles. The average molecular weight is 230 g/mol. The Kier molecular flexibility index (Phi) is 3.67. The van der Waals surface area contributed by atoms with E-state index in [0.29, 0.717) is 17.4 Å².